The molecule has 1 unspecified atom stereocenters. The number of nitrogens with one attached hydrogen (secondary N) is 1. The van der Waals surface area contributed by atoms with Crippen LogP contribution in [-0.4, -0.2) is 41.9 Å². The predicted octanol–water partition coefficient (Wildman–Crippen LogP) is 3.25. The smallest absolute Gasteiger partial charge is 0.119 e. The van der Waals surface area contributed by atoms with E-state index in [9.17, 15) is 5.11 Å². The second-order valence-electron chi connectivity index (χ2n) is 5.50. The Hall–Kier alpha value is -0.710. The lowest BCUT2D eigenvalue weighted by Crippen LogP contribution is -2.41. The maximum atomic E-state index is 9.99. The van der Waals surface area contributed by atoms with Gasteiger partial charge in [0, 0.05) is 17.8 Å². The lowest BCUT2D eigenvalue weighted by molar-refractivity contribution is 0.106. The zero-order chi connectivity index (χ0) is 15.7. The van der Waals surface area contributed by atoms with E-state index in [2.05, 4.69) is 25.4 Å². The highest BCUT2D eigenvalue weighted by Crippen LogP contribution is 2.29. The van der Waals surface area contributed by atoms with E-state index in [-0.39, 0.29) is 4.75 Å². The molecule has 0 amide bonds. The second-order valence-corrected chi connectivity index (χ2v) is 6.78. The van der Waals surface area contributed by atoms with Gasteiger partial charge in [0.05, 0.1) is 0 Å². The van der Waals surface area contributed by atoms with Gasteiger partial charge in [0.1, 0.15) is 18.5 Å². The average Bonchev–Trinajstić information content (AvgIpc) is 2.51. The Bertz CT molecular complexity index is 382. The fourth-order valence-corrected chi connectivity index (χ4v) is 3.04. The molecule has 0 aliphatic heterocycles. The fourth-order valence-electron chi connectivity index (χ4n) is 2.21. The molecule has 0 saturated carbocycles. The molecule has 0 aliphatic carbocycles. The third-order valence-electron chi connectivity index (χ3n) is 4.01. The van der Waals surface area contributed by atoms with Crippen molar-refractivity contribution in [3.63, 3.8) is 0 Å². The molecule has 2 N–H and O–H groups in total. The number of ether oxygens (including phenoxy) is 1. The molecule has 1 rings (SSSR count). The maximum Gasteiger partial charge on any atom is 0.119 e. The van der Waals surface area contributed by atoms with Crippen LogP contribution in [0.25, 0.3) is 0 Å². The van der Waals surface area contributed by atoms with Crippen LogP contribution in [0.3, 0.4) is 0 Å². The van der Waals surface area contributed by atoms with Crippen LogP contribution in [0.2, 0.25) is 0 Å². The predicted molar refractivity (Wildman–Crippen MR) is 92.4 cm³/mol. The van der Waals surface area contributed by atoms with Crippen molar-refractivity contribution in [3.05, 3.63) is 29.8 Å². The topological polar surface area (TPSA) is 41.5 Å². The van der Waals surface area contributed by atoms with Crippen LogP contribution in [0.5, 0.6) is 5.75 Å². The molecule has 1 aromatic rings. The molecule has 0 heterocycles. The van der Waals surface area contributed by atoms with Crippen molar-refractivity contribution in [2.75, 3.05) is 26.0 Å². The first kappa shape index (κ1) is 18.3. The van der Waals surface area contributed by atoms with Gasteiger partial charge in [0.2, 0.25) is 0 Å². The molecule has 0 fully saturated rings. The highest BCUT2D eigenvalue weighted by molar-refractivity contribution is 8.00. The van der Waals surface area contributed by atoms with Crippen molar-refractivity contribution in [2.45, 2.75) is 44.5 Å². The van der Waals surface area contributed by atoms with E-state index in [1.165, 1.54) is 5.56 Å². The van der Waals surface area contributed by atoms with Crippen molar-refractivity contribution in [2.24, 2.45) is 0 Å². The highest BCUT2D eigenvalue weighted by atomic mass is 32.2. The molecule has 21 heavy (non-hydrogen) atoms. The van der Waals surface area contributed by atoms with Crippen LogP contribution in [0.1, 0.15) is 32.3 Å². The summed E-state index contributed by atoms with van der Waals surface area (Å²) < 4.78 is 5.86. The van der Waals surface area contributed by atoms with Gasteiger partial charge in [-0.25, -0.2) is 0 Å². The summed E-state index contributed by atoms with van der Waals surface area (Å²) in [5, 5.41) is 13.4. The van der Waals surface area contributed by atoms with Crippen LogP contribution in [0, 0.1) is 6.92 Å². The van der Waals surface area contributed by atoms with E-state index in [4.69, 9.17) is 4.74 Å². The molecule has 0 aliphatic rings. The molecule has 1 aromatic carbocycles. The van der Waals surface area contributed by atoms with Crippen molar-refractivity contribution in [1.82, 2.24) is 5.32 Å². The monoisotopic (exact) mass is 311 g/mol. The molecule has 1 atom stereocenters. The normalized spacial score (nSPS) is 13.2. The Morgan fingerprint density at radius 3 is 2.38 bits per heavy atom. The van der Waals surface area contributed by atoms with E-state index >= 15 is 0 Å². The minimum absolute atomic E-state index is 0.275. The Morgan fingerprint density at radius 1 is 1.24 bits per heavy atom. The van der Waals surface area contributed by atoms with Crippen molar-refractivity contribution in [1.29, 1.82) is 0 Å². The summed E-state index contributed by atoms with van der Waals surface area (Å²) in [5.41, 5.74) is 1.21. The van der Waals surface area contributed by atoms with E-state index in [1.54, 1.807) is 0 Å². The summed E-state index contributed by atoms with van der Waals surface area (Å²) >= 11 is 1.91. The van der Waals surface area contributed by atoms with Crippen molar-refractivity contribution >= 4 is 11.8 Å². The molecule has 0 radical (unpaired) electrons. The minimum atomic E-state index is -0.487. The summed E-state index contributed by atoms with van der Waals surface area (Å²) in [7, 11) is 0. The highest BCUT2D eigenvalue weighted by Gasteiger charge is 2.24. The van der Waals surface area contributed by atoms with Gasteiger partial charge in [0.25, 0.3) is 0 Å². The lowest BCUT2D eigenvalue weighted by Gasteiger charge is -2.30. The Morgan fingerprint density at radius 2 is 1.86 bits per heavy atom. The summed E-state index contributed by atoms with van der Waals surface area (Å²) in [4.78, 5) is 0. The van der Waals surface area contributed by atoms with Crippen molar-refractivity contribution in [3.8, 4) is 5.75 Å². The Balaban J connectivity index is 2.27. The third kappa shape index (κ3) is 6.29. The number of aryl methyl sites for hydroxylation is 1. The third-order valence-corrected chi connectivity index (χ3v) is 5.60. The van der Waals surface area contributed by atoms with Crippen LogP contribution in [0.15, 0.2) is 24.3 Å². The molecule has 0 saturated heterocycles. The average molecular weight is 311 g/mol. The maximum absolute atomic E-state index is 9.99. The van der Waals surface area contributed by atoms with Gasteiger partial charge < -0.3 is 15.2 Å². The van der Waals surface area contributed by atoms with Crippen LogP contribution < -0.4 is 10.1 Å². The van der Waals surface area contributed by atoms with Gasteiger partial charge >= 0.3 is 0 Å². The number of hydrogen-bond donors (Lipinski definition) is 2. The van der Waals surface area contributed by atoms with Gasteiger partial charge in [-0.1, -0.05) is 31.5 Å². The quantitative estimate of drug-likeness (QED) is 0.696. The second kappa shape index (κ2) is 9.34. The molecule has 120 valence electrons. The molecule has 0 spiro atoms. The van der Waals surface area contributed by atoms with E-state index < -0.39 is 6.10 Å². The van der Waals surface area contributed by atoms with E-state index in [1.807, 2.05) is 43.0 Å². The van der Waals surface area contributed by atoms with Gasteiger partial charge in [0.15, 0.2) is 0 Å². The first-order valence-electron chi connectivity index (χ1n) is 7.68. The number of hydrogen-bond acceptors (Lipinski definition) is 4. The summed E-state index contributed by atoms with van der Waals surface area (Å²) in [5.74, 6) is 0.806. The van der Waals surface area contributed by atoms with E-state index in [0.29, 0.717) is 13.2 Å². The zero-order valence-electron chi connectivity index (χ0n) is 13.7. The first-order chi connectivity index (χ1) is 10.0. The van der Waals surface area contributed by atoms with E-state index in [0.717, 1.165) is 25.1 Å². The molecule has 0 aromatic heterocycles. The van der Waals surface area contributed by atoms with Crippen molar-refractivity contribution < 1.29 is 9.84 Å². The molecular weight excluding hydrogens is 282 g/mol. The number of aliphatic hydroxyl groups is 1. The fraction of sp³-hybridized carbons (Fsp3) is 0.647. The zero-order valence-corrected chi connectivity index (χ0v) is 14.5. The SMILES string of the molecule is CCC(CC)(CNCC(O)COc1ccc(C)cc1)SC. The number of benzene rings is 1. The number of aliphatic hydroxyl groups excluding tert-OH is 1. The van der Waals surface area contributed by atoms with Gasteiger partial charge in [-0.3, -0.25) is 0 Å². The molecule has 3 nitrogen and oxygen atoms in total. The standard InChI is InChI=1S/C17H29NO2S/c1-5-17(6-2,21-4)13-18-11-15(19)12-20-16-9-7-14(3)8-10-16/h7-10,15,18-19H,5-6,11-13H2,1-4H3. The van der Waals surface area contributed by atoms with Gasteiger partial charge in [-0.15, -0.1) is 0 Å². The summed E-state index contributed by atoms with van der Waals surface area (Å²) in [6.45, 7) is 8.29. The summed E-state index contributed by atoms with van der Waals surface area (Å²) in [6.07, 6.45) is 3.94. The Labute approximate surface area is 133 Å². The number of thioether (sulfide) groups is 1. The largest absolute Gasteiger partial charge is 0.491 e. The van der Waals surface area contributed by atoms with Crippen LogP contribution in [0.4, 0.5) is 0 Å². The Kier molecular flexibility index (Phi) is 8.15. The van der Waals surface area contributed by atoms with Gasteiger partial charge in [-0.05, 0) is 38.2 Å². The lowest BCUT2D eigenvalue weighted by atomic mass is 10.0. The first-order valence-corrected chi connectivity index (χ1v) is 8.91. The number of rotatable bonds is 10. The summed E-state index contributed by atoms with van der Waals surface area (Å²) in [6, 6.07) is 7.88. The van der Waals surface area contributed by atoms with Crippen LogP contribution >= 0.6 is 11.8 Å². The molecule has 4 heteroatoms. The van der Waals surface area contributed by atoms with Crippen LogP contribution in [-0.2, 0) is 0 Å². The molecule has 0 bridgehead atoms. The molecular formula is C17H29NO2S. The van der Waals surface area contributed by atoms with Gasteiger partial charge in [-0.2, -0.15) is 11.8 Å². The minimum Gasteiger partial charge on any atom is -0.491 e.